The van der Waals surface area contributed by atoms with Gasteiger partial charge >= 0.3 is 6.03 Å². The molecule has 2 aromatic carbocycles. The summed E-state index contributed by atoms with van der Waals surface area (Å²) in [5, 5.41) is 3.02. The standard InChI is InChI=1S/C30H36N4O6/c1-22-5-7-26(23(2)16-22)31-30(36)33(10-9-32-11-14-37-15-12-32)20-29(35)34(19-25-4-3-13-38-25)18-24-6-8-27-28(17-24)40-21-39-27/h3-8,13,16-17H,9-12,14-15,18-21H2,1-2H3,(H,31,36). The minimum Gasteiger partial charge on any atom is -0.467 e. The van der Waals surface area contributed by atoms with E-state index < -0.39 is 0 Å². The number of fused-ring (bicyclic) bond motifs is 1. The molecule has 0 bridgehead atoms. The van der Waals surface area contributed by atoms with Gasteiger partial charge in [0.25, 0.3) is 0 Å². The van der Waals surface area contributed by atoms with E-state index in [-0.39, 0.29) is 31.8 Å². The number of ether oxygens (including phenoxy) is 3. The lowest BCUT2D eigenvalue weighted by Gasteiger charge is -2.31. The second kappa shape index (κ2) is 12.9. The Hall–Kier alpha value is -4.02. The number of carbonyl (C=O) groups excluding carboxylic acids is 2. The maximum atomic E-state index is 13.8. The molecule has 10 nitrogen and oxygen atoms in total. The van der Waals surface area contributed by atoms with Gasteiger partial charge in [-0.25, -0.2) is 4.79 Å². The Balaban J connectivity index is 1.33. The predicted octanol–water partition coefficient (Wildman–Crippen LogP) is 4.02. The quantitative estimate of drug-likeness (QED) is 0.409. The van der Waals surface area contributed by atoms with Gasteiger partial charge in [-0.15, -0.1) is 0 Å². The van der Waals surface area contributed by atoms with E-state index >= 15 is 0 Å². The molecule has 1 saturated heterocycles. The third-order valence-corrected chi connectivity index (χ3v) is 7.12. The number of benzene rings is 2. The number of hydrogen-bond donors (Lipinski definition) is 1. The highest BCUT2D eigenvalue weighted by Gasteiger charge is 2.25. The van der Waals surface area contributed by atoms with Crippen molar-refractivity contribution in [1.82, 2.24) is 14.7 Å². The lowest BCUT2D eigenvalue weighted by molar-refractivity contribution is -0.133. The molecule has 0 saturated carbocycles. The second-order valence-electron chi connectivity index (χ2n) is 10.1. The fourth-order valence-corrected chi connectivity index (χ4v) is 4.83. The van der Waals surface area contributed by atoms with Crippen molar-refractivity contribution in [3.8, 4) is 11.5 Å². The number of nitrogens with zero attached hydrogens (tertiary/aromatic N) is 3. The second-order valence-corrected chi connectivity index (χ2v) is 10.1. The molecule has 0 radical (unpaired) electrons. The molecule has 212 valence electrons. The van der Waals surface area contributed by atoms with E-state index in [4.69, 9.17) is 18.6 Å². The Kier molecular flexibility index (Phi) is 8.87. The summed E-state index contributed by atoms with van der Waals surface area (Å²) in [6.07, 6.45) is 1.59. The largest absolute Gasteiger partial charge is 0.467 e. The molecule has 2 aliphatic heterocycles. The average molecular weight is 549 g/mol. The van der Waals surface area contributed by atoms with Crippen molar-refractivity contribution in [3.05, 3.63) is 77.2 Å². The molecule has 2 aliphatic rings. The van der Waals surface area contributed by atoms with Crippen molar-refractivity contribution in [1.29, 1.82) is 0 Å². The minimum atomic E-state index is -0.311. The van der Waals surface area contributed by atoms with Crippen LogP contribution in [-0.4, -0.2) is 79.4 Å². The van der Waals surface area contributed by atoms with Crippen molar-refractivity contribution in [2.24, 2.45) is 0 Å². The summed E-state index contributed by atoms with van der Waals surface area (Å²) in [5.74, 6) is 1.81. The summed E-state index contributed by atoms with van der Waals surface area (Å²) in [7, 11) is 0. The van der Waals surface area contributed by atoms with Crippen LogP contribution in [0.1, 0.15) is 22.5 Å². The Morgan fingerprint density at radius 3 is 2.55 bits per heavy atom. The van der Waals surface area contributed by atoms with Gasteiger partial charge in [-0.1, -0.05) is 23.8 Å². The molecule has 5 rings (SSSR count). The van der Waals surface area contributed by atoms with Gasteiger partial charge < -0.3 is 33.7 Å². The molecule has 3 aromatic rings. The zero-order chi connectivity index (χ0) is 27.9. The molecular weight excluding hydrogens is 512 g/mol. The molecule has 0 atom stereocenters. The number of morpholine rings is 1. The maximum absolute atomic E-state index is 13.8. The number of carbonyl (C=O) groups is 2. The fourth-order valence-electron chi connectivity index (χ4n) is 4.83. The molecule has 1 N–H and O–H groups in total. The average Bonchev–Trinajstić information content (AvgIpc) is 3.64. The number of rotatable bonds is 10. The van der Waals surface area contributed by atoms with Crippen molar-refractivity contribution in [2.75, 3.05) is 58.0 Å². The molecule has 0 aliphatic carbocycles. The highest BCUT2D eigenvalue weighted by Crippen LogP contribution is 2.33. The summed E-state index contributed by atoms with van der Waals surface area (Å²) < 4.78 is 22.0. The topological polar surface area (TPSA) is 96.7 Å². The molecule has 40 heavy (non-hydrogen) atoms. The van der Waals surface area contributed by atoms with E-state index in [9.17, 15) is 9.59 Å². The van der Waals surface area contributed by atoms with Crippen molar-refractivity contribution >= 4 is 17.6 Å². The first-order valence-electron chi connectivity index (χ1n) is 13.6. The number of urea groups is 1. The van der Waals surface area contributed by atoms with Gasteiger partial charge in [0.15, 0.2) is 11.5 Å². The highest BCUT2D eigenvalue weighted by molar-refractivity contribution is 5.93. The van der Waals surface area contributed by atoms with Crippen LogP contribution in [0.2, 0.25) is 0 Å². The molecule has 1 aromatic heterocycles. The van der Waals surface area contributed by atoms with Gasteiger partial charge in [0.05, 0.1) is 26.0 Å². The van der Waals surface area contributed by atoms with Gasteiger partial charge in [-0.3, -0.25) is 9.69 Å². The molecule has 3 heterocycles. The number of furan rings is 1. The predicted molar refractivity (Wildman–Crippen MR) is 149 cm³/mol. The van der Waals surface area contributed by atoms with E-state index in [0.29, 0.717) is 50.1 Å². The van der Waals surface area contributed by atoms with Gasteiger partial charge in [0, 0.05) is 38.4 Å². The van der Waals surface area contributed by atoms with Crippen LogP contribution in [0.4, 0.5) is 10.5 Å². The summed E-state index contributed by atoms with van der Waals surface area (Å²) >= 11 is 0. The van der Waals surface area contributed by atoms with Gasteiger partial charge in [-0.2, -0.15) is 0 Å². The summed E-state index contributed by atoms with van der Waals surface area (Å²) in [4.78, 5) is 32.9. The number of amides is 3. The Labute approximate surface area is 234 Å². The van der Waals surface area contributed by atoms with E-state index in [1.54, 1.807) is 22.1 Å². The zero-order valence-electron chi connectivity index (χ0n) is 23.1. The Morgan fingerprint density at radius 2 is 1.77 bits per heavy atom. The maximum Gasteiger partial charge on any atom is 0.322 e. The number of anilines is 1. The highest BCUT2D eigenvalue weighted by atomic mass is 16.7. The van der Waals surface area contributed by atoms with E-state index in [1.165, 1.54) is 0 Å². The van der Waals surface area contributed by atoms with Crippen molar-refractivity contribution in [2.45, 2.75) is 26.9 Å². The number of hydrogen-bond acceptors (Lipinski definition) is 7. The third-order valence-electron chi connectivity index (χ3n) is 7.12. The lowest BCUT2D eigenvalue weighted by atomic mass is 10.1. The molecular formula is C30H36N4O6. The first-order chi connectivity index (χ1) is 19.4. The minimum absolute atomic E-state index is 0.0770. The number of nitrogens with one attached hydrogen (secondary N) is 1. The summed E-state index contributed by atoms with van der Waals surface area (Å²) in [6.45, 7) is 8.67. The Morgan fingerprint density at radius 1 is 0.950 bits per heavy atom. The van der Waals surface area contributed by atoms with Crippen LogP contribution in [0, 0.1) is 13.8 Å². The van der Waals surface area contributed by atoms with E-state index in [2.05, 4.69) is 10.2 Å². The molecule has 0 spiro atoms. The van der Waals surface area contributed by atoms with Crippen molar-refractivity contribution in [3.63, 3.8) is 0 Å². The first kappa shape index (κ1) is 27.5. The molecule has 0 unspecified atom stereocenters. The summed E-state index contributed by atoms with van der Waals surface area (Å²) in [6, 6.07) is 14.8. The smallest absolute Gasteiger partial charge is 0.322 e. The molecule has 3 amide bonds. The van der Waals surface area contributed by atoms with Crippen molar-refractivity contribution < 1.29 is 28.2 Å². The van der Waals surface area contributed by atoms with Gasteiger partial charge in [-0.05, 0) is 55.3 Å². The van der Waals surface area contributed by atoms with Gasteiger partial charge in [0.1, 0.15) is 12.3 Å². The first-order valence-corrected chi connectivity index (χ1v) is 13.6. The third kappa shape index (κ3) is 7.13. The van der Waals surface area contributed by atoms with Crippen LogP contribution in [0.15, 0.2) is 59.2 Å². The zero-order valence-corrected chi connectivity index (χ0v) is 23.1. The van der Waals surface area contributed by atoms with Crippen LogP contribution in [0.3, 0.4) is 0 Å². The summed E-state index contributed by atoms with van der Waals surface area (Å²) in [5.41, 5.74) is 3.71. The molecule has 10 heteroatoms. The number of aryl methyl sites for hydroxylation is 2. The SMILES string of the molecule is Cc1ccc(NC(=O)N(CCN2CCOCC2)CC(=O)N(Cc2ccc3c(c2)OCO3)Cc2ccco2)c(C)c1. The normalized spacial score (nSPS) is 14.7. The lowest BCUT2D eigenvalue weighted by Crippen LogP contribution is -2.48. The van der Waals surface area contributed by atoms with E-state index in [0.717, 1.165) is 35.5 Å². The van der Waals surface area contributed by atoms with Crippen LogP contribution < -0.4 is 14.8 Å². The monoisotopic (exact) mass is 548 g/mol. The van der Waals surface area contributed by atoms with Crippen LogP contribution >= 0.6 is 0 Å². The van der Waals surface area contributed by atoms with E-state index in [1.807, 2.05) is 56.3 Å². The van der Waals surface area contributed by atoms with Crippen LogP contribution in [0.25, 0.3) is 0 Å². The van der Waals surface area contributed by atoms with Crippen LogP contribution in [-0.2, 0) is 22.6 Å². The van der Waals surface area contributed by atoms with Crippen LogP contribution in [0.5, 0.6) is 11.5 Å². The Bertz CT molecular complexity index is 1310. The van der Waals surface area contributed by atoms with Gasteiger partial charge in [0.2, 0.25) is 12.7 Å². The molecule has 1 fully saturated rings. The fraction of sp³-hybridized carbons (Fsp3) is 0.400.